The van der Waals surface area contributed by atoms with Crippen LogP contribution in [0.4, 0.5) is 8.78 Å². The average Bonchev–Trinajstić information content (AvgIpc) is 2.48. The zero-order valence-electron chi connectivity index (χ0n) is 11.2. The molecular formula is C16H14BrF2NO. The van der Waals surface area contributed by atoms with Gasteiger partial charge in [0.15, 0.2) is 0 Å². The Kier molecular flexibility index (Phi) is 5.44. The van der Waals surface area contributed by atoms with Crippen molar-refractivity contribution in [3.63, 3.8) is 0 Å². The van der Waals surface area contributed by atoms with Crippen LogP contribution in [0, 0.1) is 11.6 Å². The highest BCUT2D eigenvalue weighted by molar-refractivity contribution is 9.08. The fourth-order valence-corrected chi connectivity index (χ4v) is 2.22. The van der Waals surface area contributed by atoms with Crippen LogP contribution in [0.25, 0.3) is 0 Å². The van der Waals surface area contributed by atoms with Gasteiger partial charge in [-0.3, -0.25) is 4.79 Å². The lowest BCUT2D eigenvalue weighted by Crippen LogP contribution is -2.24. The summed E-state index contributed by atoms with van der Waals surface area (Å²) in [6, 6.07) is 11.0. The van der Waals surface area contributed by atoms with Gasteiger partial charge in [-0.05, 0) is 22.8 Å². The standard InChI is InChI=1S/C16H14BrF2NO/c17-9-11-1-3-12(4-2-11)10-20-16(21)7-13-5-6-14(18)8-15(13)19/h1-6,8H,7,9-10H2,(H,20,21). The number of carbonyl (C=O) groups excluding carboxylic acids is 1. The minimum absolute atomic E-state index is 0.106. The molecule has 0 heterocycles. The van der Waals surface area contributed by atoms with Gasteiger partial charge < -0.3 is 5.32 Å². The molecule has 0 saturated carbocycles. The lowest BCUT2D eigenvalue weighted by Gasteiger charge is -2.07. The lowest BCUT2D eigenvalue weighted by molar-refractivity contribution is -0.120. The number of rotatable bonds is 5. The summed E-state index contributed by atoms with van der Waals surface area (Å²) in [6.45, 7) is 0.379. The normalized spacial score (nSPS) is 10.4. The van der Waals surface area contributed by atoms with Gasteiger partial charge in [0, 0.05) is 17.9 Å². The molecule has 0 atom stereocenters. The summed E-state index contributed by atoms with van der Waals surface area (Å²) in [4.78, 5) is 11.8. The van der Waals surface area contributed by atoms with Gasteiger partial charge in [-0.25, -0.2) is 8.78 Å². The van der Waals surface area contributed by atoms with Gasteiger partial charge in [0.2, 0.25) is 5.91 Å². The Labute approximate surface area is 130 Å². The van der Waals surface area contributed by atoms with E-state index < -0.39 is 11.6 Å². The van der Waals surface area contributed by atoms with Crippen LogP contribution < -0.4 is 5.32 Å². The maximum atomic E-state index is 13.4. The third-order valence-corrected chi connectivity index (χ3v) is 3.68. The van der Waals surface area contributed by atoms with Crippen molar-refractivity contribution < 1.29 is 13.6 Å². The van der Waals surface area contributed by atoms with Crippen LogP contribution in [-0.2, 0) is 23.1 Å². The topological polar surface area (TPSA) is 29.1 Å². The molecule has 0 bridgehead atoms. The summed E-state index contributed by atoms with van der Waals surface area (Å²) < 4.78 is 26.2. The molecule has 1 N–H and O–H groups in total. The number of amides is 1. The zero-order valence-corrected chi connectivity index (χ0v) is 12.8. The van der Waals surface area contributed by atoms with E-state index in [9.17, 15) is 13.6 Å². The Hall–Kier alpha value is -1.75. The van der Waals surface area contributed by atoms with Gasteiger partial charge in [0.1, 0.15) is 11.6 Å². The maximum absolute atomic E-state index is 13.4. The van der Waals surface area contributed by atoms with E-state index >= 15 is 0 Å². The quantitative estimate of drug-likeness (QED) is 0.815. The smallest absolute Gasteiger partial charge is 0.224 e. The van der Waals surface area contributed by atoms with Crippen molar-refractivity contribution in [2.45, 2.75) is 18.3 Å². The lowest BCUT2D eigenvalue weighted by atomic mass is 10.1. The highest BCUT2D eigenvalue weighted by Crippen LogP contribution is 2.11. The first-order valence-corrected chi connectivity index (χ1v) is 7.55. The molecule has 21 heavy (non-hydrogen) atoms. The van der Waals surface area contributed by atoms with E-state index in [0.29, 0.717) is 6.54 Å². The van der Waals surface area contributed by atoms with Crippen molar-refractivity contribution in [1.82, 2.24) is 5.32 Å². The van der Waals surface area contributed by atoms with Gasteiger partial charge in [-0.1, -0.05) is 46.3 Å². The molecular weight excluding hydrogens is 340 g/mol. The largest absolute Gasteiger partial charge is 0.352 e. The minimum atomic E-state index is -0.702. The molecule has 2 aromatic rings. The summed E-state index contributed by atoms with van der Waals surface area (Å²) in [7, 11) is 0. The van der Waals surface area contributed by atoms with Crippen LogP contribution >= 0.6 is 15.9 Å². The predicted molar refractivity (Wildman–Crippen MR) is 81.0 cm³/mol. The first-order valence-electron chi connectivity index (χ1n) is 6.43. The van der Waals surface area contributed by atoms with Crippen molar-refractivity contribution in [3.8, 4) is 0 Å². The van der Waals surface area contributed by atoms with Crippen molar-refractivity contribution in [2.75, 3.05) is 0 Å². The molecule has 5 heteroatoms. The Bertz CT molecular complexity index is 629. The summed E-state index contributed by atoms with van der Waals surface area (Å²) in [5, 5.41) is 3.50. The summed E-state index contributed by atoms with van der Waals surface area (Å²) >= 11 is 3.36. The third kappa shape index (κ3) is 4.63. The highest BCUT2D eigenvalue weighted by atomic mass is 79.9. The summed E-state index contributed by atoms with van der Waals surface area (Å²) in [5.41, 5.74) is 2.30. The predicted octanol–water partition coefficient (Wildman–Crippen LogP) is 3.72. The molecule has 110 valence electrons. The molecule has 0 aromatic heterocycles. The van der Waals surface area contributed by atoms with Crippen molar-refractivity contribution in [2.24, 2.45) is 0 Å². The van der Waals surface area contributed by atoms with Crippen molar-refractivity contribution in [3.05, 3.63) is 70.8 Å². The van der Waals surface area contributed by atoms with E-state index in [1.54, 1.807) is 0 Å². The molecule has 1 amide bonds. The van der Waals surface area contributed by atoms with Crippen LogP contribution in [0.3, 0.4) is 0 Å². The van der Waals surface area contributed by atoms with E-state index in [2.05, 4.69) is 21.2 Å². The Balaban J connectivity index is 1.89. The summed E-state index contributed by atoms with van der Waals surface area (Å²) in [5.74, 6) is -1.65. The van der Waals surface area contributed by atoms with E-state index in [4.69, 9.17) is 0 Å². The molecule has 0 fully saturated rings. The first kappa shape index (κ1) is 15.6. The Morgan fingerprint density at radius 2 is 1.71 bits per heavy atom. The molecule has 2 aromatic carbocycles. The average molecular weight is 354 g/mol. The van der Waals surface area contributed by atoms with Gasteiger partial charge in [0.05, 0.1) is 6.42 Å². The van der Waals surface area contributed by atoms with E-state index in [0.717, 1.165) is 28.6 Å². The fourth-order valence-electron chi connectivity index (χ4n) is 1.85. The number of halogens is 3. The molecule has 0 saturated heterocycles. The fraction of sp³-hybridized carbons (Fsp3) is 0.188. The van der Waals surface area contributed by atoms with Crippen LogP contribution in [0.5, 0.6) is 0 Å². The number of nitrogens with one attached hydrogen (secondary N) is 1. The SMILES string of the molecule is O=C(Cc1ccc(F)cc1F)NCc1ccc(CBr)cc1. The Morgan fingerprint density at radius 3 is 2.33 bits per heavy atom. The molecule has 0 aliphatic carbocycles. The number of carbonyl (C=O) groups is 1. The molecule has 2 nitrogen and oxygen atoms in total. The highest BCUT2D eigenvalue weighted by Gasteiger charge is 2.09. The second kappa shape index (κ2) is 7.31. The van der Waals surface area contributed by atoms with Crippen LogP contribution in [0.2, 0.25) is 0 Å². The van der Waals surface area contributed by atoms with Gasteiger partial charge in [0.25, 0.3) is 0 Å². The molecule has 0 aliphatic heterocycles. The maximum Gasteiger partial charge on any atom is 0.224 e. The second-order valence-electron chi connectivity index (χ2n) is 4.64. The van der Waals surface area contributed by atoms with E-state index in [1.807, 2.05) is 24.3 Å². The van der Waals surface area contributed by atoms with Gasteiger partial charge in [-0.2, -0.15) is 0 Å². The van der Waals surface area contributed by atoms with Gasteiger partial charge >= 0.3 is 0 Å². The first-order chi connectivity index (χ1) is 10.1. The van der Waals surface area contributed by atoms with E-state index in [1.165, 1.54) is 6.07 Å². The van der Waals surface area contributed by atoms with Crippen molar-refractivity contribution in [1.29, 1.82) is 0 Å². The van der Waals surface area contributed by atoms with Crippen LogP contribution in [-0.4, -0.2) is 5.91 Å². The molecule has 0 spiro atoms. The number of alkyl halides is 1. The summed E-state index contributed by atoms with van der Waals surface area (Å²) in [6.07, 6.45) is -0.106. The molecule has 0 radical (unpaired) electrons. The molecule has 0 aliphatic rings. The third-order valence-electron chi connectivity index (χ3n) is 3.03. The zero-order chi connectivity index (χ0) is 15.2. The Morgan fingerprint density at radius 1 is 1.05 bits per heavy atom. The van der Waals surface area contributed by atoms with E-state index in [-0.39, 0.29) is 17.9 Å². The molecule has 2 rings (SSSR count). The minimum Gasteiger partial charge on any atom is -0.352 e. The number of hydrogen-bond acceptors (Lipinski definition) is 1. The van der Waals surface area contributed by atoms with Crippen LogP contribution in [0.1, 0.15) is 16.7 Å². The van der Waals surface area contributed by atoms with Gasteiger partial charge in [-0.15, -0.1) is 0 Å². The molecule has 0 unspecified atom stereocenters. The monoisotopic (exact) mass is 353 g/mol. The van der Waals surface area contributed by atoms with Crippen molar-refractivity contribution >= 4 is 21.8 Å². The number of hydrogen-bond donors (Lipinski definition) is 1. The number of benzene rings is 2. The van der Waals surface area contributed by atoms with Crippen LogP contribution in [0.15, 0.2) is 42.5 Å². The second-order valence-corrected chi connectivity index (χ2v) is 5.20.